The minimum Gasteiger partial charge on any atom is -0.497 e. The van der Waals surface area contributed by atoms with Crippen molar-refractivity contribution in [2.45, 2.75) is 32.5 Å². The van der Waals surface area contributed by atoms with Crippen LogP contribution >= 0.6 is 0 Å². The molecule has 0 unspecified atom stereocenters. The lowest BCUT2D eigenvalue weighted by Gasteiger charge is -2.39. The van der Waals surface area contributed by atoms with Gasteiger partial charge >= 0.3 is 6.61 Å². The Morgan fingerprint density at radius 2 is 2.14 bits per heavy atom. The van der Waals surface area contributed by atoms with Gasteiger partial charge in [-0.25, -0.2) is 0 Å². The Kier molecular flexibility index (Phi) is 5.00. The molecule has 1 N–H and O–H groups in total. The van der Waals surface area contributed by atoms with E-state index in [9.17, 15) is 8.78 Å². The molecule has 118 valence electrons. The van der Waals surface area contributed by atoms with Crippen molar-refractivity contribution in [3.8, 4) is 11.5 Å². The molecule has 0 spiro atoms. The zero-order chi connectivity index (χ0) is 15.5. The SMILES string of the molecule is COc1ccc(OC(F)F)c(CN2CCNC(C)(C)C2)c1. The van der Waals surface area contributed by atoms with Crippen LogP contribution in [0.5, 0.6) is 11.5 Å². The topological polar surface area (TPSA) is 33.7 Å². The van der Waals surface area contributed by atoms with Crippen LogP contribution in [0, 0.1) is 0 Å². The standard InChI is InChI=1S/C15H22F2N2O2/c1-15(2)10-19(7-6-18-15)9-11-8-12(20-3)4-5-13(11)21-14(16)17/h4-5,8,14,18H,6-7,9-10H2,1-3H3. The van der Waals surface area contributed by atoms with E-state index in [1.165, 1.54) is 6.07 Å². The zero-order valence-corrected chi connectivity index (χ0v) is 12.7. The summed E-state index contributed by atoms with van der Waals surface area (Å²) in [6.07, 6.45) is 0. The number of nitrogens with one attached hydrogen (secondary N) is 1. The van der Waals surface area contributed by atoms with Crippen LogP contribution in [-0.2, 0) is 6.54 Å². The first-order valence-corrected chi connectivity index (χ1v) is 6.99. The van der Waals surface area contributed by atoms with Crippen LogP contribution < -0.4 is 14.8 Å². The molecular weight excluding hydrogens is 278 g/mol. The van der Waals surface area contributed by atoms with E-state index in [0.717, 1.165) is 19.6 Å². The van der Waals surface area contributed by atoms with Crippen molar-refractivity contribution in [3.05, 3.63) is 23.8 Å². The highest BCUT2D eigenvalue weighted by Gasteiger charge is 2.26. The third-order valence-corrected chi connectivity index (χ3v) is 3.53. The van der Waals surface area contributed by atoms with Gasteiger partial charge in [0.1, 0.15) is 11.5 Å². The highest BCUT2D eigenvalue weighted by Crippen LogP contribution is 2.27. The van der Waals surface area contributed by atoms with Gasteiger partial charge in [0, 0.05) is 37.3 Å². The van der Waals surface area contributed by atoms with Crippen LogP contribution in [0.25, 0.3) is 0 Å². The van der Waals surface area contributed by atoms with Gasteiger partial charge in [-0.05, 0) is 32.0 Å². The van der Waals surface area contributed by atoms with E-state index in [-0.39, 0.29) is 11.3 Å². The Morgan fingerprint density at radius 1 is 1.38 bits per heavy atom. The number of benzene rings is 1. The van der Waals surface area contributed by atoms with Crippen LogP contribution in [-0.4, -0.2) is 43.8 Å². The number of hydrogen-bond donors (Lipinski definition) is 1. The first kappa shape index (κ1) is 16.0. The Morgan fingerprint density at radius 3 is 2.76 bits per heavy atom. The Labute approximate surface area is 124 Å². The van der Waals surface area contributed by atoms with Crippen molar-refractivity contribution in [1.29, 1.82) is 0 Å². The molecule has 1 aliphatic heterocycles. The summed E-state index contributed by atoms with van der Waals surface area (Å²) >= 11 is 0. The van der Waals surface area contributed by atoms with E-state index in [1.807, 2.05) is 0 Å². The molecule has 2 rings (SSSR count). The summed E-state index contributed by atoms with van der Waals surface area (Å²) in [6, 6.07) is 4.92. The minimum atomic E-state index is -2.82. The first-order chi connectivity index (χ1) is 9.89. The van der Waals surface area contributed by atoms with Crippen molar-refractivity contribution in [2.24, 2.45) is 0 Å². The molecule has 0 amide bonds. The minimum absolute atomic E-state index is 0.0147. The second-order valence-corrected chi connectivity index (χ2v) is 5.87. The Balaban J connectivity index is 2.16. The van der Waals surface area contributed by atoms with Gasteiger partial charge in [-0.15, -0.1) is 0 Å². The van der Waals surface area contributed by atoms with Gasteiger partial charge < -0.3 is 14.8 Å². The Hall–Kier alpha value is -1.40. The van der Waals surface area contributed by atoms with E-state index >= 15 is 0 Å². The molecule has 0 saturated carbocycles. The van der Waals surface area contributed by atoms with Crippen molar-refractivity contribution in [2.75, 3.05) is 26.7 Å². The normalized spacial score (nSPS) is 18.8. The lowest BCUT2D eigenvalue weighted by atomic mass is 10.0. The molecule has 1 aromatic carbocycles. The molecule has 1 saturated heterocycles. The molecule has 1 aliphatic rings. The number of nitrogens with zero attached hydrogens (tertiary/aromatic N) is 1. The Bertz CT molecular complexity index is 481. The fraction of sp³-hybridized carbons (Fsp3) is 0.600. The van der Waals surface area contributed by atoms with E-state index in [4.69, 9.17) is 4.74 Å². The van der Waals surface area contributed by atoms with E-state index in [1.54, 1.807) is 19.2 Å². The summed E-state index contributed by atoms with van der Waals surface area (Å²) in [7, 11) is 1.56. The number of methoxy groups -OCH3 is 1. The highest BCUT2D eigenvalue weighted by molar-refractivity contribution is 5.40. The monoisotopic (exact) mass is 300 g/mol. The lowest BCUT2D eigenvalue weighted by molar-refractivity contribution is -0.0509. The summed E-state index contributed by atoms with van der Waals surface area (Å²) in [5.41, 5.74) is 0.730. The third-order valence-electron chi connectivity index (χ3n) is 3.53. The van der Waals surface area contributed by atoms with E-state index in [0.29, 0.717) is 17.9 Å². The number of piperazine rings is 1. The number of ether oxygens (including phenoxy) is 2. The van der Waals surface area contributed by atoms with Crippen LogP contribution in [0.3, 0.4) is 0 Å². The maximum atomic E-state index is 12.5. The van der Waals surface area contributed by atoms with Gasteiger partial charge in [0.15, 0.2) is 0 Å². The van der Waals surface area contributed by atoms with Gasteiger partial charge in [0.25, 0.3) is 0 Å². The summed E-state index contributed by atoms with van der Waals surface area (Å²) in [4.78, 5) is 2.23. The van der Waals surface area contributed by atoms with Crippen molar-refractivity contribution in [1.82, 2.24) is 10.2 Å². The van der Waals surface area contributed by atoms with Gasteiger partial charge in [0.05, 0.1) is 7.11 Å². The largest absolute Gasteiger partial charge is 0.497 e. The predicted octanol–water partition coefficient (Wildman–Crippen LogP) is 2.48. The molecule has 1 heterocycles. The van der Waals surface area contributed by atoms with Gasteiger partial charge in [-0.2, -0.15) is 8.78 Å². The van der Waals surface area contributed by atoms with Crippen molar-refractivity contribution >= 4 is 0 Å². The summed E-state index contributed by atoms with van der Waals surface area (Å²) in [5.74, 6) is 0.850. The summed E-state index contributed by atoms with van der Waals surface area (Å²) < 4.78 is 34.8. The first-order valence-electron chi connectivity index (χ1n) is 6.99. The summed E-state index contributed by atoms with van der Waals surface area (Å²) in [6.45, 7) is 4.58. The number of alkyl halides is 2. The molecule has 4 nitrogen and oxygen atoms in total. The van der Waals surface area contributed by atoms with Crippen LogP contribution in [0.4, 0.5) is 8.78 Å². The fourth-order valence-corrected chi connectivity index (χ4v) is 2.64. The van der Waals surface area contributed by atoms with Crippen LogP contribution in [0.15, 0.2) is 18.2 Å². The quantitative estimate of drug-likeness (QED) is 0.906. The van der Waals surface area contributed by atoms with Gasteiger partial charge in [0.2, 0.25) is 0 Å². The highest BCUT2D eigenvalue weighted by atomic mass is 19.3. The maximum Gasteiger partial charge on any atom is 0.387 e. The molecule has 1 fully saturated rings. The summed E-state index contributed by atoms with van der Waals surface area (Å²) in [5, 5.41) is 3.43. The second-order valence-electron chi connectivity index (χ2n) is 5.87. The van der Waals surface area contributed by atoms with Crippen molar-refractivity contribution in [3.63, 3.8) is 0 Å². The average Bonchev–Trinajstić information content (AvgIpc) is 2.39. The van der Waals surface area contributed by atoms with E-state index in [2.05, 4.69) is 28.8 Å². The lowest BCUT2D eigenvalue weighted by Crippen LogP contribution is -2.56. The molecule has 0 aliphatic carbocycles. The number of halogens is 2. The van der Waals surface area contributed by atoms with E-state index < -0.39 is 6.61 Å². The molecular formula is C15H22F2N2O2. The van der Waals surface area contributed by atoms with Crippen molar-refractivity contribution < 1.29 is 18.3 Å². The molecule has 0 atom stereocenters. The van der Waals surface area contributed by atoms with Gasteiger partial charge in [-0.3, -0.25) is 4.90 Å². The van der Waals surface area contributed by atoms with Gasteiger partial charge in [-0.1, -0.05) is 0 Å². The molecule has 0 aromatic heterocycles. The smallest absolute Gasteiger partial charge is 0.387 e. The average molecular weight is 300 g/mol. The molecule has 0 radical (unpaired) electrons. The van der Waals surface area contributed by atoms with Crippen LogP contribution in [0.1, 0.15) is 19.4 Å². The van der Waals surface area contributed by atoms with Crippen LogP contribution in [0.2, 0.25) is 0 Å². The second kappa shape index (κ2) is 6.58. The predicted molar refractivity (Wildman–Crippen MR) is 77.0 cm³/mol. The third kappa shape index (κ3) is 4.54. The number of rotatable bonds is 5. The molecule has 1 aromatic rings. The maximum absolute atomic E-state index is 12.5. The molecule has 21 heavy (non-hydrogen) atoms. The molecule has 0 bridgehead atoms. The zero-order valence-electron chi connectivity index (χ0n) is 12.7. The molecule has 6 heteroatoms. The number of hydrogen-bond acceptors (Lipinski definition) is 4. The fourth-order valence-electron chi connectivity index (χ4n) is 2.64.